The van der Waals surface area contributed by atoms with Crippen molar-refractivity contribution in [2.24, 2.45) is 0 Å². The number of aromatic hydroxyl groups is 1. The van der Waals surface area contributed by atoms with Gasteiger partial charge in [-0.3, -0.25) is 4.79 Å². The minimum Gasteiger partial charge on any atom is -0.542 e. The molecule has 0 aromatic heterocycles. The molecule has 0 saturated heterocycles. The van der Waals surface area contributed by atoms with Crippen LogP contribution in [-0.2, 0) is 4.79 Å². The molecule has 4 N–H and O–H groups in total. The summed E-state index contributed by atoms with van der Waals surface area (Å²) in [5, 5.41) is 17.7. The van der Waals surface area contributed by atoms with Crippen LogP contribution in [0.25, 0.3) is 0 Å². The quantitative estimate of drug-likeness (QED) is 0.648. The van der Waals surface area contributed by atoms with Gasteiger partial charge in [-0.15, -0.1) is 0 Å². The van der Waals surface area contributed by atoms with Gasteiger partial charge in [0.15, 0.2) is 11.4 Å². The van der Waals surface area contributed by atoms with Gasteiger partial charge < -0.3 is 20.7 Å². The smallest absolute Gasteiger partial charge is 0.430 e. The van der Waals surface area contributed by atoms with E-state index in [0.717, 1.165) is 0 Å². The first kappa shape index (κ1) is 14.9. The number of halogens is 3. The highest BCUT2D eigenvalue weighted by molar-refractivity contribution is 5.76. The van der Waals surface area contributed by atoms with Crippen molar-refractivity contribution in [1.82, 2.24) is 0 Å². The third-order valence-corrected chi connectivity index (χ3v) is 1.47. The number of aliphatic carboxylic acids is 1. The number of alkyl halides is 3. The van der Waals surface area contributed by atoms with Crippen LogP contribution in [0, 0.1) is 0 Å². The van der Waals surface area contributed by atoms with Gasteiger partial charge in [0, 0.05) is 11.6 Å². The molecule has 5 nitrogen and oxygen atoms in total. The van der Waals surface area contributed by atoms with Crippen molar-refractivity contribution in [3.05, 3.63) is 23.8 Å². The zero-order valence-electron chi connectivity index (χ0n) is 8.32. The Labute approximate surface area is 93.3 Å². The number of quaternary nitrogens is 1. The summed E-state index contributed by atoms with van der Waals surface area (Å²) in [6, 6.07) is 4.52. The fourth-order valence-corrected chi connectivity index (χ4v) is 0.679. The fraction of sp³-hybridized carbons (Fsp3) is 0.111. The molecule has 8 heteroatoms. The van der Waals surface area contributed by atoms with Gasteiger partial charge in [0.05, 0.1) is 0 Å². The number of carbonyl (C=O) groups excluding carboxylic acids is 2. The Hall–Kier alpha value is -2.09. The summed E-state index contributed by atoms with van der Waals surface area (Å²) in [6.45, 7) is 0. The van der Waals surface area contributed by atoms with Crippen molar-refractivity contribution in [2.75, 3.05) is 0 Å². The molecule has 0 spiro atoms. The van der Waals surface area contributed by atoms with E-state index in [0.29, 0.717) is 17.5 Å². The molecule has 0 aliphatic carbocycles. The molecule has 0 aliphatic rings. The number of phenolic OH excluding ortho intramolecular Hbond substituents is 1. The number of phenols is 1. The Balaban J connectivity index is 0.000000325. The standard InChI is InChI=1S/C7H7NO2.C2HF3O2/c8-6-3-5(4-9)1-2-7(6)10;3-2(4,5)1(6)7/h1-4,10H,8H2;(H,6,7). The number of carboxylic acids is 1. The molecule has 0 amide bonds. The molecular formula is C9H8F3NO4. The van der Waals surface area contributed by atoms with Crippen LogP contribution in [0.2, 0.25) is 0 Å². The van der Waals surface area contributed by atoms with Crippen molar-refractivity contribution in [2.45, 2.75) is 6.18 Å². The van der Waals surface area contributed by atoms with Gasteiger partial charge >= 0.3 is 6.18 Å². The number of hydrogen-bond acceptors (Lipinski definition) is 4. The van der Waals surface area contributed by atoms with E-state index >= 15 is 0 Å². The summed E-state index contributed by atoms with van der Waals surface area (Å²) in [6.07, 6.45) is -4.48. The van der Waals surface area contributed by atoms with Crippen LogP contribution in [-0.4, -0.2) is 23.5 Å². The lowest BCUT2D eigenvalue weighted by atomic mass is 10.2. The summed E-state index contributed by atoms with van der Waals surface area (Å²) in [5.41, 5.74) is 4.53. The minimum absolute atomic E-state index is 0.116. The second-order valence-corrected chi connectivity index (χ2v) is 2.79. The van der Waals surface area contributed by atoms with Gasteiger partial charge in [-0.1, -0.05) is 0 Å². The molecule has 0 heterocycles. The number of carboxylic acid groups (broad SMARTS) is 1. The van der Waals surface area contributed by atoms with E-state index in [2.05, 4.69) is 5.73 Å². The second kappa shape index (κ2) is 5.85. The van der Waals surface area contributed by atoms with Crippen LogP contribution < -0.4 is 10.8 Å². The summed E-state index contributed by atoms with van der Waals surface area (Å²) in [7, 11) is 0. The first-order chi connectivity index (χ1) is 7.68. The number of benzene rings is 1. The van der Waals surface area contributed by atoms with Gasteiger partial charge in [-0.25, -0.2) is 0 Å². The maximum absolute atomic E-state index is 10.5. The molecule has 17 heavy (non-hydrogen) atoms. The van der Waals surface area contributed by atoms with Crippen molar-refractivity contribution >= 4 is 17.9 Å². The van der Waals surface area contributed by atoms with E-state index in [9.17, 15) is 18.0 Å². The molecule has 1 aromatic rings. The third-order valence-electron chi connectivity index (χ3n) is 1.47. The van der Waals surface area contributed by atoms with E-state index in [4.69, 9.17) is 15.0 Å². The van der Waals surface area contributed by atoms with Gasteiger partial charge in [0.1, 0.15) is 12.3 Å². The molecule has 94 valence electrons. The Morgan fingerprint density at radius 1 is 1.41 bits per heavy atom. The molecule has 0 unspecified atom stereocenters. The highest BCUT2D eigenvalue weighted by Gasteiger charge is 2.28. The van der Waals surface area contributed by atoms with Crippen molar-refractivity contribution in [3.63, 3.8) is 0 Å². The Morgan fingerprint density at radius 2 is 1.88 bits per heavy atom. The summed E-state index contributed by atoms with van der Waals surface area (Å²) in [5.74, 6) is -2.89. The largest absolute Gasteiger partial charge is 0.542 e. The molecule has 0 saturated carbocycles. The monoisotopic (exact) mass is 251 g/mol. The Morgan fingerprint density at radius 3 is 2.18 bits per heavy atom. The van der Waals surface area contributed by atoms with Gasteiger partial charge in [0.25, 0.3) is 0 Å². The van der Waals surface area contributed by atoms with Crippen LogP contribution in [0.15, 0.2) is 18.2 Å². The predicted octanol–water partition coefficient (Wildman–Crippen LogP) is -0.623. The van der Waals surface area contributed by atoms with Crippen LogP contribution in [0.3, 0.4) is 0 Å². The zero-order chi connectivity index (χ0) is 13.6. The minimum atomic E-state index is -5.19. The van der Waals surface area contributed by atoms with Crippen LogP contribution >= 0.6 is 0 Å². The van der Waals surface area contributed by atoms with Gasteiger partial charge in [0.2, 0.25) is 0 Å². The molecule has 0 fully saturated rings. The molecule has 0 aliphatic heterocycles. The maximum atomic E-state index is 10.5. The number of hydrogen-bond donors (Lipinski definition) is 2. The summed E-state index contributed by atoms with van der Waals surface area (Å²) in [4.78, 5) is 18.9. The molecule has 1 aromatic carbocycles. The van der Waals surface area contributed by atoms with Crippen molar-refractivity contribution in [3.8, 4) is 5.75 Å². The first-order valence-corrected chi connectivity index (χ1v) is 4.06. The average molecular weight is 251 g/mol. The van der Waals surface area contributed by atoms with E-state index in [1.165, 1.54) is 18.2 Å². The van der Waals surface area contributed by atoms with Crippen molar-refractivity contribution in [1.29, 1.82) is 0 Å². The zero-order valence-corrected chi connectivity index (χ0v) is 8.32. The summed E-state index contributed by atoms with van der Waals surface area (Å²) < 4.78 is 31.5. The molecule has 0 atom stereocenters. The van der Waals surface area contributed by atoms with Crippen LogP contribution in [0.1, 0.15) is 10.4 Å². The normalized spacial score (nSPS) is 10.1. The van der Waals surface area contributed by atoms with E-state index < -0.39 is 12.1 Å². The van der Waals surface area contributed by atoms with Crippen LogP contribution in [0.5, 0.6) is 5.75 Å². The van der Waals surface area contributed by atoms with Gasteiger partial charge in [-0.2, -0.15) is 13.2 Å². The van der Waals surface area contributed by atoms with Crippen LogP contribution in [0.4, 0.5) is 18.9 Å². The molecule has 0 bridgehead atoms. The molecule has 0 radical (unpaired) electrons. The topological polar surface area (TPSA) is 105 Å². The first-order valence-electron chi connectivity index (χ1n) is 4.06. The van der Waals surface area contributed by atoms with E-state index in [1.807, 2.05) is 0 Å². The number of carbonyl (C=O) groups is 2. The lowest BCUT2D eigenvalue weighted by Gasteiger charge is -2.03. The predicted molar refractivity (Wildman–Crippen MR) is 47.1 cm³/mol. The van der Waals surface area contributed by atoms with E-state index in [1.54, 1.807) is 0 Å². The van der Waals surface area contributed by atoms with E-state index in [-0.39, 0.29) is 5.75 Å². The number of rotatable bonds is 1. The molecular weight excluding hydrogens is 243 g/mol. The Kier molecular flexibility index (Phi) is 5.13. The second-order valence-electron chi connectivity index (χ2n) is 2.79. The number of aldehydes is 1. The lowest BCUT2D eigenvalue weighted by Crippen LogP contribution is -2.40. The highest BCUT2D eigenvalue weighted by atomic mass is 19.4. The highest BCUT2D eigenvalue weighted by Crippen LogP contribution is 2.17. The Bertz CT molecular complexity index is 417. The van der Waals surface area contributed by atoms with Gasteiger partial charge in [-0.05, 0) is 12.1 Å². The third kappa shape index (κ3) is 5.52. The van der Waals surface area contributed by atoms with Crippen molar-refractivity contribution < 1.29 is 38.7 Å². The molecule has 1 rings (SSSR count). The maximum Gasteiger partial charge on any atom is 0.430 e. The summed E-state index contributed by atoms with van der Waals surface area (Å²) >= 11 is 0. The SMILES string of the molecule is O=C([O-])C(F)(F)F.[NH3+]c1cc(C=O)ccc1O. The fourth-order valence-electron chi connectivity index (χ4n) is 0.679. The average Bonchev–Trinajstić information content (AvgIpc) is 2.21. The lowest BCUT2D eigenvalue weighted by molar-refractivity contribution is -0.344.